The molecule has 0 radical (unpaired) electrons. The number of aromatic nitrogens is 1. The molecule has 0 saturated carbocycles. The molecule has 1 aliphatic heterocycles. The van der Waals surface area contributed by atoms with Gasteiger partial charge in [0, 0.05) is 41.4 Å². The number of aryl methyl sites for hydroxylation is 1. The Labute approximate surface area is 204 Å². The zero-order chi connectivity index (χ0) is 22.7. The lowest BCUT2D eigenvalue weighted by Gasteiger charge is -2.11. The number of benzene rings is 2. The van der Waals surface area contributed by atoms with Crippen molar-refractivity contribution in [1.82, 2.24) is 9.47 Å². The van der Waals surface area contributed by atoms with E-state index in [0.717, 1.165) is 32.9 Å². The summed E-state index contributed by atoms with van der Waals surface area (Å²) in [7, 11) is 0. The van der Waals surface area contributed by atoms with Crippen molar-refractivity contribution in [2.45, 2.75) is 27.3 Å². The lowest BCUT2D eigenvalue weighted by Crippen LogP contribution is -2.28. The summed E-state index contributed by atoms with van der Waals surface area (Å²) in [6.45, 7) is 7.31. The number of hydrogen-bond acceptors (Lipinski definition) is 4. The van der Waals surface area contributed by atoms with Crippen LogP contribution in [0.5, 0.6) is 0 Å². The molecule has 172 valence electrons. The summed E-state index contributed by atoms with van der Waals surface area (Å²) in [4.78, 5) is 32.4. The third-order valence-electron chi connectivity index (χ3n) is 5.22. The molecule has 6 nitrogen and oxygen atoms in total. The predicted octanol–water partition coefficient (Wildman–Crippen LogP) is 5.32. The number of amidine groups is 1. The summed E-state index contributed by atoms with van der Waals surface area (Å²) in [5.41, 5.74) is 3.73. The van der Waals surface area contributed by atoms with E-state index in [1.807, 2.05) is 86.1 Å². The number of hydrogen-bond donors (Lipinski definition) is 1. The molecule has 2 aromatic carbocycles. The van der Waals surface area contributed by atoms with Gasteiger partial charge in [-0.2, -0.15) is 0 Å². The molecular formula is C25H27ClN4O2S. The average Bonchev–Trinajstić information content (AvgIpc) is 3.25. The average molecular weight is 483 g/mol. The molecule has 1 aliphatic rings. The van der Waals surface area contributed by atoms with Crippen molar-refractivity contribution in [1.29, 1.82) is 0 Å². The number of amides is 2. The Balaban J connectivity index is 0.00000306. The normalized spacial score (nSPS) is 16.0. The summed E-state index contributed by atoms with van der Waals surface area (Å²) in [6, 6.07) is 15.7. The van der Waals surface area contributed by atoms with Gasteiger partial charge in [0.25, 0.3) is 5.91 Å². The van der Waals surface area contributed by atoms with Crippen LogP contribution >= 0.6 is 24.2 Å². The highest BCUT2D eigenvalue weighted by Crippen LogP contribution is 2.34. The zero-order valence-electron chi connectivity index (χ0n) is 18.9. The van der Waals surface area contributed by atoms with E-state index in [1.165, 1.54) is 11.8 Å². The standard InChI is InChI=1S/C25H26N4O2S.ClH/c1-4-26-25-29(5-2)24(31)22(32-25)14-18-15-28(21-12-7-6-11-20(18)21)16-23(30)27-19-10-8-9-17(3)13-19;/h6-15H,4-5,16H2,1-3H3,(H,27,30);1H. The summed E-state index contributed by atoms with van der Waals surface area (Å²) in [5.74, 6) is -0.130. The molecule has 1 saturated heterocycles. The lowest BCUT2D eigenvalue weighted by atomic mass is 10.1. The molecule has 1 aromatic heterocycles. The van der Waals surface area contributed by atoms with Crippen molar-refractivity contribution in [3.8, 4) is 0 Å². The molecule has 1 N–H and O–H groups in total. The second-order valence-corrected chi connectivity index (χ2v) is 8.57. The Morgan fingerprint density at radius 1 is 1.15 bits per heavy atom. The third kappa shape index (κ3) is 5.31. The van der Waals surface area contributed by atoms with Crippen LogP contribution in [-0.2, 0) is 16.1 Å². The zero-order valence-corrected chi connectivity index (χ0v) is 20.5. The Kier molecular flexibility index (Phi) is 8.00. The minimum atomic E-state index is -0.101. The predicted molar refractivity (Wildman–Crippen MR) is 140 cm³/mol. The van der Waals surface area contributed by atoms with E-state index in [0.29, 0.717) is 18.0 Å². The Morgan fingerprint density at radius 2 is 1.94 bits per heavy atom. The first kappa shape index (κ1) is 24.6. The monoisotopic (exact) mass is 482 g/mol. The van der Waals surface area contributed by atoms with Crippen LogP contribution in [0.4, 0.5) is 5.69 Å². The first-order valence-electron chi connectivity index (χ1n) is 10.7. The SMILES string of the molecule is CCN=C1SC(=Cc2cn(CC(=O)Nc3cccc(C)c3)c3ccccc23)C(=O)N1CC.Cl. The quantitative estimate of drug-likeness (QED) is 0.483. The molecule has 0 aliphatic carbocycles. The number of carbonyl (C=O) groups is 2. The van der Waals surface area contributed by atoms with E-state index in [-0.39, 0.29) is 30.8 Å². The molecule has 2 amide bonds. The van der Waals surface area contributed by atoms with Gasteiger partial charge in [0.1, 0.15) is 6.54 Å². The van der Waals surface area contributed by atoms with Crippen molar-refractivity contribution >= 4 is 63.8 Å². The molecule has 4 rings (SSSR count). The first-order valence-corrected chi connectivity index (χ1v) is 11.5. The van der Waals surface area contributed by atoms with E-state index in [9.17, 15) is 9.59 Å². The number of nitrogens with zero attached hydrogens (tertiary/aromatic N) is 3. The molecule has 33 heavy (non-hydrogen) atoms. The van der Waals surface area contributed by atoms with E-state index in [1.54, 1.807) is 4.90 Å². The number of aliphatic imine (C=N–C) groups is 1. The number of nitrogens with one attached hydrogen (secondary N) is 1. The van der Waals surface area contributed by atoms with Gasteiger partial charge in [-0.05, 0) is 62.4 Å². The molecule has 0 spiro atoms. The van der Waals surface area contributed by atoms with Gasteiger partial charge in [0.05, 0.1) is 4.91 Å². The highest BCUT2D eigenvalue weighted by molar-refractivity contribution is 8.18. The lowest BCUT2D eigenvalue weighted by molar-refractivity contribution is -0.122. The molecular weight excluding hydrogens is 456 g/mol. The van der Waals surface area contributed by atoms with Crippen LogP contribution < -0.4 is 5.32 Å². The third-order valence-corrected chi connectivity index (χ3v) is 6.26. The largest absolute Gasteiger partial charge is 0.337 e. The van der Waals surface area contributed by atoms with Gasteiger partial charge < -0.3 is 9.88 Å². The van der Waals surface area contributed by atoms with Crippen LogP contribution in [0.2, 0.25) is 0 Å². The molecule has 8 heteroatoms. The minimum absolute atomic E-state index is 0. The van der Waals surface area contributed by atoms with E-state index in [4.69, 9.17) is 0 Å². The van der Waals surface area contributed by atoms with Crippen LogP contribution in [0, 0.1) is 6.92 Å². The highest BCUT2D eigenvalue weighted by atomic mass is 35.5. The van der Waals surface area contributed by atoms with Crippen molar-refractivity contribution in [2.75, 3.05) is 18.4 Å². The van der Waals surface area contributed by atoms with E-state index < -0.39 is 0 Å². The van der Waals surface area contributed by atoms with Crippen LogP contribution in [0.15, 0.2) is 64.6 Å². The van der Waals surface area contributed by atoms with Gasteiger partial charge in [-0.15, -0.1) is 12.4 Å². The van der Waals surface area contributed by atoms with Gasteiger partial charge in [0.2, 0.25) is 5.91 Å². The number of para-hydroxylation sites is 1. The summed E-state index contributed by atoms with van der Waals surface area (Å²) in [6.07, 6.45) is 3.84. The molecule has 0 unspecified atom stereocenters. The number of carbonyl (C=O) groups excluding carboxylic acids is 2. The van der Waals surface area contributed by atoms with Gasteiger partial charge >= 0.3 is 0 Å². The molecule has 2 heterocycles. The Hall–Kier alpha value is -3.03. The maximum absolute atomic E-state index is 12.9. The fourth-order valence-electron chi connectivity index (χ4n) is 3.78. The van der Waals surface area contributed by atoms with Crippen LogP contribution in [0.3, 0.4) is 0 Å². The summed E-state index contributed by atoms with van der Waals surface area (Å²) >= 11 is 1.40. The molecule has 1 fully saturated rings. The second kappa shape index (κ2) is 10.7. The smallest absolute Gasteiger partial charge is 0.266 e. The summed E-state index contributed by atoms with van der Waals surface area (Å²) in [5, 5.41) is 4.71. The fraction of sp³-hybridized carbons (Fsp3) is 0.240. The maximum Gasteiger partial charge on any atom is 0.266 e. The van der Waals surface area contributed by atoms with Gasteiger partial charge in [0.15, 0.2) is 5.17 Å². The van der Waals surface area contributed by atoms with Gasteiger partial charge in [-0.25, -0.2) is 0 Å². The van der Waals surface area contributed by atoms with Crippen molar-refractivity contribution in [3.05, 3.63) is 70.8 Å². The van der Waals surface area contributed by atoms with Crippen LogP contribution in [0.25, 0.3) is 17.0 Å². The Bertz CT molecular complexity index is 1250. The molecule has 0 atom stereocenters. The number of thioether (sulfide) groups is 1. The van der Waals surface area contributed by atoms with Gasteiger partial charge in [-0.1, -0.05) is 30.3 Å². The van der Waals surface area contributed by atoms with Crippen molar-refractivity contribution < 1.29 is 9.59 Å². The summed E-state index contributed by atoms with van der Waals surface area (Å²) < 4.78 is 1.93. The second-order valence-electron chi connectivity index (χ2n) is 7.56. The maximum atomic E-state index is 12.9. The Morgan fingerprint density at radius 3 is 2.67 bits per heavy atom. The van der Waals surface area contributed by atoms with E-state index in [2.05, 4.69) is 10.3 Å². The number of likely N-dealkylation sites (N-methyl/N-ethyl adjacent to an activating group) is 1. The number of rotatable bonds is 6. The van der Waals surface area contributed by atoms with Crippen molar-refractivity contribution in [2.24, 2.45) is 4.99 Å². The highest BCUT2D eigenvalue weighted by Gasteiger charge is 2.32. The number of halogens is 1. The fourth-order valence-corrected chi connectivity index (χ4v) is 4.88. The van der Waals surface area contributed by atoms with Crippen molar-refractivity contribution in [3.63, 3.8) is 0 Å². The minimum Gasteiger partial charge on any atom is -0.337 e. The van der Waals surface area contributed by atoms with E-state index >= 15 is 0 Å². The van der Waals surface area contributed by atoms with Crippen LogP contribution in [0.1, 0.15) is 25.0 Å². The number of anilines is 1. The molecule has 3 aromatic rings. The topological polar surface area (TPSA) is 66.7 Å². The number of fused-ring (bicyclic) bond motifs is 1. The van der Waals surface area contributed by atoms with Gasteiger partial charge in [-0.3, -0.25) is 19.5 Å². The van der Waals surface area contributed by atoms with Crippen LogP contribution in [-0.4, -0.2) is 39.5 Å². The first-order chi connectivity index (χ1) is 15.5. The molecule has 0 bridgehead atoms.